The molecule has 0 fully saturated rings. The molecule has 0 unspecified atom stereocenters. The van der Waals surface area contributed by atoms with Gasteiger partial charge in [0.05, 0.1) is 24.5 Å². The molecule has 0 spiro atoms. The monoisotopic (exact) mass is 397 g/mol. The minimum atomic E-state index is 0.498. The summed E-state index contributed by atoms with van der Waals surface area (Å²) in [5.74, 6) is 0.995. The van der Waals surface area contributed by atoms with Gasteiger partial charge in [0.25, 0.3) is 0 Å². The van der Waals surface area contributed by atoms with Crippen molar-refractivity contribution in [2.75, 3.05) is 0 Å². The van der Waals surface area contributed by atoms with E-state index < -0.39 is 0 Å². The summed E-state index contributed by atoms with van der Waals surface area (Å²) in [5.41, 5.74) is 2.16. The van der Waals surface area contributed by atoms with Crippen LogP contribution in [0.25, 0.3) is 0 Å². The van der Waals surface area contributed by atoms with Gasteiger partial charge in [-0.05, 0) is 12.1 Å². The van der Waals surface area contributed by atoms with E-state index in [1.807, 2.05) is 0 Å². The largest absolute Gasteiger partial charge is 0.250 e. The summed E-state index contributed by atoms with van der Waals surface area (Å²) in [4.78, 5) is 4.88. The van der Waals surface area contributed by atoms with Gasteiger partial charge < -0.3 is 0 Å². The van der Waals surface area contributed by atoms with Crippen LogP contribution in [-0.4, -0.2) is 14.1 Å². The Kier molecular flexibility index (Phi) is 5.25. The Morgan fingerprint density at radius 2 is 1.17 bits per heavy atom. The number of allylic oxidation sites excluding steroid dienone is 8. The third kappa shape index (κ3) is 4.57. The van der Waals surface area contributed by atoms with E-state index in [2.05, 4.69) is 123 Å². The van der Waals surface area contributed by atoms with Crippen LogP contribution in [0.1, 0.15) is 11.4 Å². The fourth-order valence-electron chi connectivity index (χ4n) is 4.05. The SMILES string of the molecule is C1=CC(Cn2cc[n+](Cc3cccc(C[n+]4ccn(CC5C=CC=C5)c4)n3)c2)C=C1. The lowest BCUT2D eigenvalue weighted by Crippen LogP contribution is -2.34. The number of hydrogen-bond donors (Lipinski definition) is 0. The van der Waals surface area contributed by atoms with E-state index in [0.717, 1.165) is 37.6 Å². The molecular formula is C25H27N5+2. The van der Waals surface area contributed by atoms with Crippen LogP contribution >= 0.6 is 0 Å². The fraction of sp³-hybridized carbons (Fsp3) is 0.240. The molecule has 2 aliphatic carbocycles. The van der Waals surface area contributed by atoms with Crippen LogP contribution < -0.4 is 9.13 Å². The zero-order valence-corrected chi connectivity index (χ0v) is 17.0. The third-order valence-electron chi connectivity index (χ3n) is 5.54. The lowest BCUT2D eigenvalue weighted by Gasteiger charge is -2.03. The summed E-state index contributed by atoms with van der Waals surface area (Å²) in [5, 5.41) is 0. The van der Waals surface area contributed by atoms with Crippen molar-refractivity contribution in [1.29, 1.82) is 0 Å². The predicted octanol–water partition coefficient (Wildman–Crippen LogP) is 2.84. The molecule has 0 saturated heterocycles. The van der Waals surface area contributed by atoms with Gasteiger partial charge in [-0.2, -0.15) is 0 Å². The molecule has 0 amide bonds. The second kappa shape index (κ2) is 8.49. The van der Waals surface area contributed by atoms with Gasteiger partial charge in [0, 0.05) is 11.8 Å². The van der Waals surface area contributed by atoms with Crippen LogP contribution in [0.15, 0.2) is 104 Å². The highest BCUT2D eigenvalue weighted by molar-refractivity contribution is 5.18. The van der Waals surface area contributed by atoms with Gasteiger partial charge in [-0.15, -0.1) is 0 Å². The molecule has 3 heterocycles. The summed E-state index contributed by atoms with van der Waals surface area (Å²) < 4.78 is 8.87. The van der Waals surface area contributed by atoms with Gasteiger partial charge in [-0.3, -0.25) is 0 Å². The highest BCUT2D eigenvalue weighted by atomic mass is 15.1. The topological polar surface area (TPSA) is 30.5 Å². The fourth-order valence-corrected chi connectivity index (χ4v) is 4.05. The first kappa shape index (κ1) is 18.6. The number of rotatable bonds is 8. The van der Waals surface area contributed by atoms with E-state index in [1.54, 1.807) is 0 Å². The normalized spacial score (nSPS) is 15.7. The molecule has 5 rings (SSSR count). The standard InChI is InChI=1S/C25H27N5/c1-2-7-22(6-1)16-27-12-14-29(20-27)18-24-10-5-11-25(26-24)19-30-15-13-28(21-30)17-23-8-3-4-9-23/h1-15,20-23H,16-19H2/q+2. The van der Waals surface area contributed by atoms with Crippen LogP contribution in [0, 0.1) is 11.8 Å². The second-order valence-electron chi connectivity index (χ2n) is 8.05. The number of imidazole rings is 2. The Morgan fingerprint density at radius 1 is 0.700 bits per heavy atom. The molecule has 0 aliphatic heterocycles. The highest BCUT2D eigenvalue weighted by Gasteiger charge is 2.13. The molecule has 150 valence electrons. The Bertz CT molecular complexity index is 1020. The Morgan fingerprint density at radius 3 is 1.63 bits per heavy atom. The van der Waals surface area contributed by atoms with E-state index in [4.69, 9.17) is 4.98 Å². The smallest absolute Gasteiger partial charge is 0.244 e. The van der Waals surface area contributed by atoms with Gasteiger partial charge in [0.1, 0.15) is 37.9 Å². The molecule has 0 atom stereocenters. The molecule has 0 radical (unpaired) electrons. The highest BCUT2D eigenvalue weighted by Crippen LogP contribution is 2.12. The molecule has 3 aromatic rings. The summed E-state index contributed by atoms with van der Waals surface area (Å²) in [6, 6.07) is 6.31. The maximum atomic E-state index is 4.88. The third-order valence-corrected chi connectivity index (χ3v) is 5.54. The molecule has 2 aliphatic rings. The van der Waals surface area contributed by atoms with Crippen LogP contribution in [-0.2, 0) is 26.2 Å². The van der Waals surface area contributed by atoms with Gasteiger partial charge >= 0.3 is 0 Å². The molecule has 0 aromatic carbocycles. The predicted molar refractivity (Wildman–Crippen MR) is 115 cm³/mol. The summed E-state index contributed by atoms with van der Waals surface area (Å²) in [6.45, 7) is 3.52. The molecule has 5 heteroatoms. The van der Waals surface area contributed by atoms with Crippen LogP contribution in [0.3, 0.4) is 0 Å². The van der Waals surface area contributed by atoms with Crippen LogP contribution in [0.4, 0.5) is 0 Å². The Labute approximate surface area is 177 Å². The molecular weight excluding hydrogens is 370 g/mol. The van der Waals surface area contributed by atoms with Crippen molar-refractivity contribution in [2.24, 2.45) is 11.8 Å². The van der Waals surface area contributed by atoms with Crippen LogP contribution in [0.5, 0.6) is 0 Å². The minimum absolute atomic E-state index is 0.498. The first-order valence-corrected chi connectivity index (χ1v) is 10.5. The van der Waals surface area contributed by atoms with Crippen molar-refractivity contribution in [3.8, 4) is 0 Å². The number of aromatic nitrogens is 5. The summed E-state index contributed by atoms with van der Waals surface area (Å²) in [7, 11) is 0. The van der Waals surface area contributed by atoms with E-state index in [0.29, 0.717) is 11.8 Å². The summed E-state index contributed by atoms with van der Waals surface area (Å²) >= 11 is 0. The molecule has 0 bridgehead atoms. The van der Waals surface area contributed by atoms with Crippen molar-refractivity contribution in [1.82, 2.24) is 14.1 Å². The Hall–Kier alpha value is -3.47. The molecule has 5 nitrogen and oxygen atoms in total. The van der Waals surface area contributed by atoms with Gasteiger partial charge in [-0.1, -0.05) is 54.7 Å². The quantitative estimate of drug-likeness (QED) is 0.538. The molecule has 30 heavy (non-hydrogen) atoms. The van der Waals surface area contributed by atoms with Gasteiger partial charge in [0.2, 0.25) is 12.7 Å². The van der Waals surface area contributed by atoms with E-state index in [-0.39, 0.29) is 0 Å². The minimum Gasteiger partial charge on any atom is -0.250 e. The van der Waals surface area contributed by atoms with E-state index in [1.165, 1.54) is 0 Å². The lowest BCUT2D eigenvalue weighted by molar-refractivity contribution is -0.689. The molecule has 3 aromatic heterocycles. The number of pyridine rings is 1. The summed E-state index contributed by atoms with van der Waals surface area (Å²) in [6.07, 6.45) is 30.3. The van der Waals surface area contributed by atoms with Gasteiger partial charge in [0.15, 0.2) is 0 Å². The lowest BCUT2D eigenvalue weighted by atomic mass is 10.2. The maximum absolute atomic E-state index is 4.88. The first-order valence-electron chi connectivity index (χ1n) is 10.5. The van der Waals surface area contributed by atoms with Crippen molar-refractivity contribution < 1.29 is 9.13 Å². The number of hydrogen-bond acceptors (Lipinski definition) is 1. The first-order chi connectivity index (χ1) is 14.8. The zero-order valence-electron chi connectivity index (χ0n) is 17.0. The van der Waals surface area contributed by atoms with E-state index >= 15 is 0 Å². The van der Waals surface area contributed by atoms with Gasteiger partial charge in [-0.25, -0.2) is 23.3 Å². The van der Waals surface area contributed by atoms with Crippen molar-refractivity contribution >= 4 is 0 Å². The number of nitrogens with zero attached hydrogens (tertiary/aromatic N) is 5. The molecule has 0 N–H and O–H groups in total. The second-order valence-corrected chi connectivity index (χ2v) is 8.05. The molecule has 0 saturated carbocycles. The van der Waals surface area contributed by atoms with Crippen molar-refractivity contribution in [3.63, 3.8) is 0 Å². The average Bonchev–Trinajstić information content (AvgIpc) is 3.53. The average molecular weight is 398 g/mol. The maximum Gasteiger partial charge on any atom is 0.244 e. The van der Waals surface area contributed by atoms with E-state index in [9.17, 15) is 0 Å². The van der Waals surface area contributed by atoms with Crippen molar-refractivity contribution in [3.05, 3.63) is 116 Å². The van der Waals surface area contributed by atoms with Crippen LogP contribution in [0.2, 0.25) is 0 Å². The van der Waals surface area contributed by atoms with Crippen molar-refractivity contribution in [2.45, 2.75) is 26.2 Å². The zero-order chi connectivity index (χ0) is 20.2. The Balaban J connectivity index is 1.20.